The quantitative estimate of drug-likeness (QED) is 0.830. The second kappa shape index (κ2) is 6.62. The van der Waals surface area contributed by atoms with E-state index in [4.69, 9.17) is 0 Å². The third kappa shape index (κ3) is 3.47. The number of halogens is 3. The minimum atomic E-state index is -0.556. The lowest BCUT2D eigenvalue weighted by Gasteiger charge is -2.19. The molecule has 0 fully saturated rings. The van der Waals surface area contributed by atoms with E-state index in [-0.39, 0.29) is 22.5 Å². The average molecular weight is 355 g/mol. The van der Waals surface area contributed by atoms with Crippen molar-refractivity contribution in [3.8, 4) is 0 Å². The van der Waals surface area contributed by atoms with Crippen LogP contribution >= 0.6 is 15.9 Å². The first-order chi connectivity index (χ1) is 9.93. The van der Waals surface area contributed by atoms with Gasteiger partial charge in [0.15, 0.2) is 0 Å². The summed E-state index contributed by atoms with van der Waals surface area (Å²) >= 11 is 3.09. The van der Waals surface area contributed by atoms with Crippen molar-refractivity contribution in [1.29, 1.82) is 0 Å². The fourth-order valence-corrected chi connectivity index (χ4v) is 2.76. The van der Waals surface area contributed by atoms with Crippen LogP contribution in [0.2, 0.25) is 0 Å². The lowest BCUT2D eigenvalue weighted by atomic mass is 9.98. The largest absolute Gasteiger partial charge is 0.311 e. The van der Waals surface area contributed by atoms with Gasteiger partial charge in [-0.05, 0) is 66.5 Å². The monoisotopic (exact) mass is 354 g/mol. The average Bonchev–Trinajstić information content (AvgIpc) is 2.44. The number of nitrogens with one attached hydrogen (secondary N) is 1. The summed E-state index contributed by atoms with van der Waals surface area (Å²) in [6, 6.07) is 4.41. The van der Waals surface area contributed by atoms with Crippen molar-refractivity contribution in [2.24, 2.45) is 0 Å². The highest BCUT2D eigenvalue weighted by Crippen LogP contribution is 2.27. The van der Waals surface area contributed by atoms with Gasteiger partial charge in [0.2, 0.25) is 0 Å². The summed E-state index contributed by atoms with van der Waals surface area (Å²) < 4.78 is 28.3. The number of aromatic nitrogens is 1. The highest BCUT2D eigenvalue weighted by molar-refractivity contribution is 9.10. The SMILES string of the molecule is CNC(Cc1c(F)ccc(Br)c1F)c1ncc(C)cc1C. The third-order valence-corrected chi connectivity index (χ3v) is 4.09. The summed E-state index contributed by atoms with van der Waals surface area (Å²) in [5.74, 6) is -1.10. The van der Waals surface area contributed by atoms with E-state index in [1.807, 2.05) is 19.9 Å². The molecule has 0 radical (unpaired) electrons. The second-order valence-electron chi connectivity index (χ2n) is 5.08. The maximum atomic E-state index is 14.1. The molecule has 1 N–H and O–H groups in total. The molecule has 0 aliphatic rings. The van der Waals surface area contributed by atoms with Gasteiger partial charge in [-0.15, -0.1) is 0 Å². The summed E-state index contributed by atoms with van der Waals surface area (Å²) in [5.41, 5.74) is 2.93. The van der Waals surface area contributed by atoms with Gasteiger partial charge in [0.05, 0.1) is 16.2 Å². The fourth-order valence-electron chi connectivity index (χ4n) is 2.39. The zero-order chi connectivity index (χ0) is 15.6. The van der Waals surface area contributed by atoms with Crippen LogP contribution in [0.3, 0.4) is 0 Å². The Bertz CT molecular complexity index is 659. The lowest BCUT2D eigenvalue weighted by molar-refractivity contribution is 0.505. The molecule has 0 saturated carbocycles. The number of pyridine rings is 1. The first-order valence-electron chi connectivity index (χ1n) is 6.66. The standard InChI is InChI=1S/C16H17BrF2N2/c1-9-6-10(2)16(21-8-9)14(20-3)7-11-13(18)5-4-12(17)15(11)19/h4-6,8,14,20H,7H2,1-3H3. The van der Waals surface area contributed by atoms with E-state index in [1.165, 1.54) is 12.1 Å². The smallest absolute Gasteiger partial charge is 0.143 e. The number of benzene rings is 1. The number of hydrogen-bond donors (Lipinski definition) is 1. The first kappa shape index (κ1) is 16.0. The number of aryl methyl sites for hydroxylation is 2. The molecular formula is C16H17BrF2N2. The molecule has 112 valence electrons. The summed E-state index contributed by atoms with van der Waals surface area (Å²) in [6.07, 6.45) is 1.96. The molecule has 2 nitrogen and oxygen atoms in total. The van der Waals surface area contributed by atoms with Crippen LogP contribution in [-0.2, 0) is 6.42 Å². The van der Waals surface area contributed by atoms with Crippen LogP contribution < -0.4 is 5.32 Å². The minimum absolute atomic E-state index is 0.0606. The molecule has 1 aromatic carbocycles. The van der Waals surface area contributed by atoms with Crippen LogP contribution in [0.1, 0.15) is 28.4 Å². The molecule has 1 unspecified atom stereocenters. The molecule has 0 amide bonds. The van der Waals surface area contributed by atoms with Gasteiger partial charge in [-0.1, -0.05) is 6.07 Å². The van der Waals surface area contributed by atoms with Gasteiger partial charge >= 0.3 is 0 Å². The molecule has 1 heterocycles. The predicted octanol–water partition coefficient (Wildman–Crippen LogP) is 4.24. The van der Waals surface area contributed by atoms with E-state index in [9.17, 15) is 8.78 Å². The number of likely N-dealkylation sites (N-methyl/N-ethyl adjacent to an activating group) is 1. The Hall–Kier alpha value is -1.33. The summed E-state index contributed by atoms with van der Waals surface area (Å²) in [5, 5.41) is 3.09. The molecule has 0 saturated heterocycles. The lowest BCUT2D eigenvalue weighted by Crippen LogP contribution is -2.22. The zero-order valence-corrected chi connectivity index (χ0v) is 13.8. The Morgan fingerprint density at radius 2 is 2.00 bits per heavy atom. The van der Waals surface area contributed by atoms with E-state index in [0.717, 1.165) is 16.8 Å². The van der Waals surface area contributed by atoms with Crippen LogP contribution in [0, 0.1) is 25.5 Å². The molecule has 2 rings (SSSR count). The van der Waals surface area contributed by atoms with Gasteiger partial charge in [-0.3, -0.25) is 4.98 Å². The van der Waals surface area contributed by atoms with Crippen molar-refractivity contribution < 1.29 is 8.78 Å². The van der Waals surface area contributed by atoms with Crippen LogP contribution in [0.4, 0.5) is 8.78 Å². The number of rotatable bonds is 4. The maximum absolute atomic E-state index is 14.1. The Morgan fingerprint density at radius 1 is 1.29 bits per heavy atom. The second-order valence-corrected chi connectivity index (χ2v) is 5.94. The van der Waals surface area contributed by atoms with Crippen molar-refractivity contribution in [2.45, 2.75) is 26.3 Å². The molecule has 1 aromatic heterocycles. The van der Waals surface area contributed by atoms with E-state index in [0.29, 0.717) is 0 Å². The summed E-state index contributed by atoms with van der Waals surface area (Å²) in [6.45, 7) is 3.92. The highest BCUT2D eigenvalue weighted by Gasteiger charge is 2.20. The molecule has 0 aliphatic heterocycles. The van der Waals surface area contributed by atoms with Gasteiger partial charge < -0.3 is 5.32 Å². The van der Waals surface area contributed by atoms with Crippen LogP contribution in [-0.4, -0.2) is 12.0 Å². The highest BCUT2D eigenvalue weighted by atomic mass is 79.9. The number of nitrogens with zero attached hydrogens (tertiary/aromatic N) is 1. The van der Waals surface area contributed by atoms with Crippen molar-refractivity contribution >= 4 is 15.9 Å². The molecule has 0 spiro atoms. The molecular weight excluding hydrogens is 338 g/mol. The van der Waals surface area contributed by atoms with Gasteiger partial charge in [0, 0.05) is 11.8 Å². The Morgan fingerprint density at radius 3 is 2.62 bits per heavy atom. The third-order valence-electron chi connectivity index (χ3n) is 3.48. The van der Waals surface area contributed by atoms with E-state index in [1.54, 1.807) is 13.2 Å². The number of hydrogen-bond acceptors (Lipinski definition) is 2. The van der Waals surface area contributed by atoms with Crippen molar-refractivity contribution in [3.63, 3.8) is 0 Å². The van der Waals surface area contributed by atoms with Crippen molar-refractivity contribution in [2.75, 3.05) is 7.05 Å². The van der Waals surface area contributed by atoms with Gasteiger partial charge in [0.1, 0.15) is 11.6 Å². The summed E-state index contributed by atoms with van der Waals surface area (Å²) in [4.78, 5) is 4.41. The van der Waals surface area contributed by atoms with Gasteiger partial charge in [-0.25, -0.2) is 8.78 Å². The Labute approximate surface area is 131 Å². The molecule has 2 aromatic rings. The molecule has 1 atom stereocenters. The topological polar surface area (TPSA) is 24.9 Å². The van der Waals surface area contributed by atoms with Crippen LogP contribution in [0.15, 0.2) is 28.9 Å². The minimum Gasteiger partial charge on any atom is -0.311 e. The Balaban J connectivity index is 2.38. The van der Waals surface area contributed by atoms with E-state index in [2.05, 4.69) is 26.2 Å². The predicted molar refractivity (Wildman–Crippen MR) is 83.3 cm³/mol. The Kier molecular flexibility index (Phi) is 5.06. The van der Waals surface area contributed by atoms with Crippen molar-refractivity contribution in [3.05, 3.63) is 62.9 Å². The maximum Gasteiger partial charge on any atom is 0.143 e. The van der Waals surface area contributed by atoms with Gasteiger partial charge in [-0.2, -0.15) is 0 Å². The van der Waals surface area contributed by atoms with Crippen molar-refractivity contribution in [1.82, 2.24) is 10.3 Å². The van der Waals surface area contributed by atoms with E-state index < -0.39 is 11.6 Å². The zero-order valence-electron chi connectivity index (χ0n) is 12.2. The van der Waals surface area contributed by atoms with Gasteiger partial charge in [0.25, 0.3) is 0 Å². The normalized spacial score (nSPS) is 12.5. The molecule has 5 heteroatoms. The first-order valence-corrected chi connectivity index (χ1v) is 7.46. The van der Waals surface area contributed by atoms with Crippen LogP contribution in [0.25, 0.3) is 0 Å². The molecule has 0 bridgehead atoms. The molecule has 21 heavy (non-hydrogen) atoms. The molecule has 0 aliphatic carbocycles. The van der Waals surface area contributed by atoms with E-state index >= 15 is 0 Å². The van der Waals surface area contributed by atoms with Crippen LogP contribution in [0.5, 0.6) is 0 Å². The summed E-state index contributed by atoms with van der Waals surface area (Å²) in [7, 11) is 1.76. The fraction of sp³-hybridized carbons (Fsp3) is 0.312.